The van der Waals surface area contributed by atoms with E-state index in [9.17, 15) is 10.1 Å². The molecule has 0 aliphatic heterocycles. The first-order valence-corrected chi connectivity index (χ1v) is 6.96. The Morgan fingerprint density at radius 2 is 1.81 bits per heavy atom. The van der Waals surface area contributed by atoms with Crippen LogP contribution in [0.4, 0.5) is 0 Å². The SMILES string of the molecule is CC(=O)N(Cc1ccc(Cl)cc1)C(C#N)c1ccccc1. The first-order chi connectivity index (χ1) is 10.1. The van der Waals surface area contributed by atoms with Gasteiger partial charge in [0.25, 0.3) is 0 Å². The second-order valence-corrected chi connectivity index (χ2v) is 5.15. The summed E-state index contributed by atoms with van der Waals surface area (Å²) >= 11 is 5.86. The van der Waals surface area contributed by atoms with Gasteiger partial charge in [0.1, 0.15) is 6.04 Å². The fourth-order valence-corrected chi connectivity index (χ4v) is 2.26. The van der Waals surface area contributed by atoms with Gasteiger partial charge >= 0.3 is 0 Å². The van der Waals surface area contributed by atoms with Crippen molar-refractivity contribution in [2.24, 2.45) is 0 Å². The van der Waals surface area contributed by atoms with Crippen molar-refractivity contribution in [3.8, 4) is 6.07 Å². The van der Waals surface area contributed by atoms with Crippen LogP contribution in [0.15, 0.2) is 54.6 Å². The summed E-state index contributed by atoms with van der Waals surface area (Å²) in [4.78, 5) is 13.5. The summed E-state index contributed by atoms with van der Waals surface area (Å²) in [6, 6.07) is 18.2. The van der Waals surface area contributed by atoms with E-state index in [-0.39, 0.29) is 5.91 Å². The lowest BCUT2D eigenvalue weighted by molar-refractivity contribution is -0.130. The molecule has 1 amide bonds. The van der Waals surface area contributed by atoms with Gasteiger partial charge in [0.05, 0.1) is 6.07 Å². The van der Waals surface area contributed by atoms with Crippen LogP contribution < -0.4 is 0 Å². The molecule has 0 fully saturated rings. The Morgan fingerprint density at radius 3 is 2.33 bits per heavy atom. The molecule has 0 saturated heterocycles. The average Bonchev–Trinajstić information content (AvgIpc) is 2.50. The molecule has 21 heavy (non-hydrogen) atoms. The lowest BCUT2D eigenvalue weighted by atomic mass is 10.1. The number of amides is 1. The first kappa shape index (κ1) is 15.1. The molecule has 0 spiro atoms. The number of hydrogen-bond acceptors (Lipinski definition) is 2. The molecule has 0 bridgehead atoms. The van der Waals surface area contributed by atoms with Crippen LogP contribution in [-0.2, 0) is 11.3 Å². The average molecular weight is 299 g/mol. The minimum Gasteiger partial charge on any atom is -0.318 e. The van der Waals surface area contributed by atoms with Crippen LogP contribution in [0.1, 0.15) is 24.1 Å². The molecule has 1 atom stereocenters. The van der Waals surface area contributed by atoms with E-state index in [2.05, 4.69) is 6.07 Å². The minimum absolute atomic E-state index is 0.139. The van der Waals surface area contributed by atoms with Crippen molar-refractivity contribution in [2.75, 3.05) is 0 Å². The van der Waals surface area contributed by atoms with Gasteiger partial charge in [-0.25, -0.2) is 0 Å². The maximum atomic E-state index is 11.9. The summed E-state index contributed by atoms with van der Waals surface area (Å²) in [5.41, 5.74) is 1.75. The van der Waals surface area contributed by atoms with Crippen LogP contribution >= 0.6 is 11.6 Å². The quantitative estimate of drug-likeness (QED) is 0.857. The Hall–Kier alpha value is -2.31. The molecule has 4 heteroatoms. The highest BCUT2D eigenvalue weighted by atomic mass is 35.5. The normalized spacial score (nSPS) is 11.5. The molecule has 0 N–H and O–H groups in total. The lowest BCUT2D eigenvalue weighted by Crippen LogP contribution is -2.31. The van der Waals surface area contributed by atoms with Gasteiger partial charge in [-0.3, -0.25) is 4.79 Å². The summed E-state index contributed by atoms with van der Waals surface area (Å²) in [5.74, 6) is -0.139. The summed E-state index contributed by atoms with van der Waals surface area (Å²) in [6.07, 6.45) is 0. The fraction of sp³-hybridized carbons (Fsp3) is 0.176. The van der Waals surface area contributed by atoms with Crippen molar-refractivity contribution < 1.29 is 4.79 Å². The number of carbonyl (C=O) groups excluding carboxylic acids is 1. The van der Waals surface area contributed by atoms with E-state index >= 15 is 0 Å². The van der Waals surface area contributed by atoms with Gasteiger partial charge in [-0.15, -0.1) is 0 Å². The van der Waals surface area contributed by atoms with Crippen LogP contribution in [0.3, 0.4) is 0 Å². The monoisotopic (exact) mass is 298 g/mol. The largest absolute Gasteiger partial charge is 0.318 e. The maximum absolute atomic E-state index is 11.9. The van der Waals surface area contributed by atoms with Crippen LogP contribution in [0.5, 0.6) is 0 Å². The summed E-state index contributed by atoms with van der Waals surface area (Å²) in [6.45, 7) is 1.85. The van der Waals surface area contributed by atoms with Gasteiger partial charge in [-0.1, -0.05) is 54.1 Å². The number of rotatable bonds is 4. The molecule has 2 aromatic rings. The zero-order valence-corrected chi connectivity index (χ0v) is 12.4. The highest BCUT2D eigenvalue weighted by Crippen LogP contribution is 2.23. The van der Waals surface area contributed by atoms with Crippen molar-refractivity contribution in [2.45, 2.75) is 19.5 Å². The van der Waals surface area contributed by atoms with E-state index in [1.54, 1.807) is 17.0 Å². The first-order valence-electron chi connectivity index (χ1n) is 6.58. The number of nitrogens with zero attached hydrogens (tertiary/aromatic N) is 2. The summed E-state index contributed by atoms with van der Waals surface area (Å²) in [7, 11) is 0. The van der Waals surface area contributed by atoms with Crippen molar-refractivity contribution in [1.29, 1.82) is 5.26 Å². The Bertz CT molecular complexity index is 647. The standard InChI is InChI=1S/C17H15ClN2O/c1-13(21)20(12-14-7-9-16(18)10-8-14)17(11-19)15-5-3-2-4-6-15/h2-10,17H,12H2,1H3. The van der Waals surface area contributed by atoms with E-state index in [0.717, 1.165) is 11.1 Å². The van der Waals surface area contributed by atoms with Crippen molar-refractivity contribution >= 4 is 17.5 Å². The molecule has 2 aromatic carbocycles. The smallest absolute Gasteiger partial charge is 0.221 e. The molecule has 0 aliphatic carbocycles. The number of halogens is 1. The lowest BCUT2D eigenvalue weighted by Gasteiger charge is -2.26. The highest BCUT2D eigenvalue weighted by Gasteiger charge is 2.22. The Labute approximate surface area is 129 Å². The summed E-state index contributed by atoms with van der Waals surface area (Å²) < 4.78 is 0. The number of benzene rings is 2. The van der Waals surface area contributed by atoms with Gasteiger partial charge in [-0.05, 0) is 23.3 Å². The zero-order valence-electron chi connectivity index (χ0n) is 11.7. The van der Waals surface area contributed by atoms with Crippen molar-refractivity contribution in [3.05, 3.63) is 70.7 Å². The third-order valence-corrected chi connectivity index (χ3v) is 3.47. The van der Waals surface area contributed by atoms with Gasteiger partial charge in [0, 0.05) is 18.5 Å². The van der Waals surface area contributed by atoms with Gasteiger partial charge in [-0.2, -0.15) is 5.26 Å². The molecule has 3 nitrogen and oxygen atoms in total. The van der Waals surface area contributed by atoms with E-state index in [1.807, 2.05) is 42.5 Å². The Kier molecular flexibility index (Phi) is 4.97. The minimum atomic E-state index is -0.598. The molecule has 2 rings (SSSR count). The molecule has 0 saturated carbocycles. The van der Waals surface area contributed by atoms with Crippen LogP contribution in [0, 0.1) is 11.3 Å². The molecule has 0 radical (unpaired) electrons. The predicted molar refractivity (Wildman–Crippen MR) is 82.5 cm³/mol. The van der Waals surface area contributed by atoms with Crippen LogP contribution in [0.2, 0.25) is 5.02 Å². The van der Waals surface area contributed by atoms with Gasteiger partial charge < -0.3 is 4.90 Å². The fourth-order valence-electron chi connectivity index (χ4n) is 2.13. The van der Waals surface area contributed by atoms with E-state index in [1.165, 1.54) is 6.92 Å². The topological polar surface area (TPSA) is 44.1 Å². The molecular weight excluding hydrogens is 284 g/mol. The van der Waals surface area contributed by atoms with Gasteiger partial charge in [0.15, 0.2) is 0 Å². The number of hydrogen-bond donors (Lipinski definition) is 0. The molecule has 106 valence electrons. The zero-order chi connectivity index (χ0) is 15.2. The van der Waals surface area contributed by atoms with E-state index < -0.39 is 6.04 Å². The molecule has 0 heterocycles. The van der Waals surface area contributed by atoms with Crippen molar-refractivity contribution in [3.63, 3.8) is 0 Å². The van der Waals surface area contributed by atoms with E-state index in [4.69, 9.17) is 11.6 Å². The molecule has 0 aliphatic rings. The summed E-state index contributed by atoms with van der Waals surface area (Å²) in [5, 5.41) is 10.1. The number of nitriles is 1. The van der Waals surface area contributed by atoms with Crippen molar-refractivity contribution in [1.82, 2.24) is 4.90 Å². The third-order valence-electron chi connectivity index (χ3n) is 3.22. The van der Waals surface area contributed by atoms with Crippen LogP contribution in [0.25, 0.3) is 0 Å². The molecule has 1 unspecified atom stereocenters. The number of carbonyl (C=O) groups is 1. The second kappa shape index (κ2) is 6.92. The Balaban J connectivity index is 2.28. The Morgan fingerprint density at radius 1 is 1.19 bits per heavy atom. The van der Waals surface area contributed by atoms with Gasteiger partial charge in [0.2, 0.25) is 5.91 Å². The highest BCUT2D eigenvalue weighted by molar-refractivity contribution is 6.30. The molecular formula is C17H15ClN2O. The van der Waals surface area contributed by atoms with Crippen LogP contribution in [-0.4, -0.2) is 10.8 Å². The van der Waals surface area contributed by atoms with E-state index in [0.29, 0.717) is 11.6 Å². The second-order valence-electron chi connectivity index (χ2n) is 4.72. The molecule has 0 aromatic heterocycles. The predicted octanol–water partition coefficient (Wildman–Crippen LogP) is 3.95. The maximum Gasteiger partial charge on any atom is 0.221 e. The third kappa shape index (κ3) is 3.84.